The molecule has 2 nitrogen and oxygen atoms in total. The van der Waals surface area contributed by atoms with E-state index in [-0.39, 0.29) is 0 Å². The maximum absolute atomic E-state index is 4.41. The van der Waals surface area contributed by atoms with Crippen LogP contribution in [0.2, 0.25) is 0 Å². The minimum Gasteiger partial charge on any atom is -0.369 e. The smallest absolute Gasteiger partial charge is 0.128 e. The Kier molecular flexibility index (Phi) is 3.08. The highest BCUT2D eigenvalue weighted by Gasteiger charge is 2.24. The van der Waals surface area contributed by atoms with Crippen molar-refractivity contribution in [3.63, 3.8) is 0 Å². The number of fused-ring (bicyclic) bond motifs is 1. The van der Waals surface area contributed by atoms with E-state index in [2.05, 4.69) is 63.5 Å². The standard InChI is InChI=1S/C15H15BrN2/c1-10-6-13(16)9-18-15(10)17-8-12-7-11-4-2-3-5-14(11)12/h2-6,9,12H,7-8H2,1H3,(H,17,18). The average molecular weight is 303 g/mol. The Bertz CT molecular complexity index is 580. The number of pyridine rings is 1. The highest BCUT2D eigenvalue weighted by molar-refractivity contribution is 9.10. The van der Waals surface area contributed by atoms with Gasteiger partial charge in [0.05, 0.1) is 0 Å². The number of anilines is 1. The molecule has 0 radical (unpaired) electrons. The largest absolute Gasteiger partial charge is 0.369 e. The van der Waals surface area contributed by atoms with Gasteiger partial charge in [-0.2, -0.15) is 0 Å². The van der Waals surface area contributed by atoms with Gasteiger partial charge in [0.15, 0.2) is 0 Å². The van der Waals surface area contributed by atoms with Crippen molar-refractivity contribution in [2.45, 2.75) is 19.3 Å². The SMILES string of the molecule is Cc1cc(Br)cnc1NCC1Cc2ccccc21. The number of benzene rings is 1. The third-order valence-electron chi connectivity index (χ3n) is 3.52. The first kappa shape index (κ1) is 11.7. The third kappa shape index (κ3) is 2.15. The first-order valence-electron chi connectivity index (χ1n) is 6.18. The summed E-state index contributed by atoms with van der Waals surface area (Å²) >= 11 is 3.43. The molecule has 1 aromatic heterocycles. The minimum absolute atomic E-state index is 0.631. The molecule has 1 atom stereocenters. The molecule has 0 saturated heterocycles. The first-order chi connectivity index (χ1) is 8.74. The van der Waals surface area contributed by atoms with E-state index in [1.807, 2.05) is 6.20 Å². The molecule has 92 valence electrons. The van der Waals surface area contributed by atoms with Gasteiger partial charge in [-0.3, -0.25) is 0 Å². The van der Waals surface area contributed by atoms with Crippen molar-refractivity contribution in [1.29, 1.82) is 0 Å². The fourth-order valence-corrected chi connectivity index (χ4v) is 2.94. The molecule has 0 saturated carbocycles. The quantitative estimate of drug-likeness (QED) is 0.930. The normalized spacial score (nSPS) is 16.9. The van der Waals surface area contributed by atoms with Gasteiger partial charge in [0, 0.05) is 23.1 Å². The summed E-state index contributed by atoms with van der Waals surface area (Å²) in [5.41, 5.74) is 4.15. The topological polar surface area (TPSA) is 24.9 Å². The maximum atomic E-state index is 4.41. The number of hydrogen-bond acceptors (Lipinski definition) is 2. The molecule has 1 N–H and O–H groups in total. The second-order valence-corrected chi connectivity index (χ2v) is 5.72. The molecule has 2 aromatic rings. The van der Waals surface area contributed by atoms with Crippen LogP contribution in [0.25, 0.3) is 0 Å². The van der Waals surface area contributed by atoms with Crippen molar-refractivity contribution in [2.75, 3.05) is 11.9 Å². The summed E-state index contributed by atoms with van der Waals surface area (Å²) in [7, 11) is 0. The lowest BCUT2D eigenvalue weighted by Gasteiger charge is -2.30. The lowest BCUT2D eigenvalue weighted by atomic mass is 9.77. The van der Waals surface area contributed by atoms with Gasteiger partial charge in [0.2, 0.25) is 0 Å². The zero-order chi connectivity index (χ0) is 12.5. The van der Waals surface area contributed by atoms with E-state index >= 15 is 0 Å². The van der Waals surface area contributed by atoms with Crippen LogP contribution in [-0.2, 0) is 6.42 Å². The molecule has 18 heavy (non-hydrogen) atoms. The fourth-order valence-electron chi connectivity index (χ4n) is 2.49. The van der Waals surface area contributed by atoms with Crippen LogP contribution in [0.5, 0.6) is 0 Å². The number of nitrogens with zero attached hydrogens (tertiary/aromatic N) is 1. The summed E-state index contributed by atoms with van der Waals surface area (Å²) in [6.45, 7) is 3.04. The molecule has 1 heterocycles. The van der Waals surface area contributed by atoms with Crippen LogP contribution in [0.4, 0.5) is 5.82 Å². The monoisotopic (exact) mass is 302 g/mol. The Balaban J connectivity index is 1.66. The van der Waals surface area contributed by atoms with Gasteiger partial charge >= 0.3 is 0 Å². The summed E-state index contributed by atoms with van der Waals surface area (Å²) in [5.74, 6) is 1.62. The van der Waals surface area contributed by atoms with Crippen LogP contribution < -0.4 is 5.32 Å². The van der Waals surface area contributed by atoms with Crippen molar-refractivity contribution in [3.8, 4) is 0 Å². The molecule has 0 bridgehead atoms. The van der Waals surface area contributed by atoms with Crippen molar-refractivity contribution < 1.29 is 0 Å². The second kappa shape index (κ2) is 4.73. The van der Waals surface area contributed by atoms with Crippen molar-refractivity contribution in [3.05, 3.63) is 57.7 Å². The highest BCUT2D eigenvalue weighted by atomic mass is 79.9. The Morgan fingerprint density at radius 2 is 2.22 bits per heavy atom. The lowest BCUT2D eigenvalue weighted by Crippen LogP contribution is -2.24. The first-order valence-corrected chi connectivity index (χ1v) is 6.97. The number of aromatic nitrogens is 1. The van der Waals surface area contributed by atoms with E-state index in [1.165, 1.54) is 23.1 Å². The van der Waals surface area contributed by atoms with Gasteiger partial charge in [-0.25, -0.2) is 4.98 Å². The molecule has 0 aliphatic heterocycles. The van der Waals surface area contributed by atoms with Crippen molar-refractivity contribution in [1.82, 2.24) is 4.98 Å². The Morgan fingerprint density at radius 1 is 1.39 bits per heavy atom. The van der Waals surface area contributed by atoms with E-state index < -0.39 is 0 Å². The van der Waals surface area contributed by atoms with Gasteiger partial charge in [-0.05, 0) is 52.0 Å². The summed E-state index contributed by atoms with van der Waals surface area (Å²) in [6, 6.07) is 10.8. The minimum atomic E-state index is 0.631. The zero-order valence-electron chi connectivity index (χ0n) is 10.3. The lowest BCUT2D eigenvalue weighted by molar-refractivity contribution is 0.634. The Labute approximate surface area is 116 Å². The van der Waals surface area contributed by atoms with Gasteiger partial charge in [0.25, 0.3) is 0 Å². The second-order valence-electron chi connectivity index (χ2n) is 4.80. The molecule has 1 unspecified atom stereocenters. The fraction of sp³-hybridized carbons (Fsp3) is 0.267. The molecule has 0 spiro atoms. The van der Waals surface area contributed by atoms with E-state index in [1.54, 1.807) is 0 Å². The predicted octanol–water partition coefficient (Wildman–Crippen LogP) is 3.90. The molecule has 3 rings (SSSR count). The Hall–Kier alpha value is -1.35. The molecule has 0 amide bonds. The van der Waals surface area contributed by atoms with Crippen molar-refractivity contribution in [2.24, 2.45) is 0 Å². The molecule has 1 aliphatic rings. The van der Waals surface area contributed by atoms with Crippen molar-refractivity contribution >= 4 is 21.7 Å². The predicted molar refractivity (Wildman–Crippen MR) is 78.1 cm³/mol. The molecule has 1 aliphatic carbocycles. The number of halogens is 1. The van der Waals surface area contributed by atoms with E-state index in [4.69, 9.17) is 0 Å². The average Bonchev–Trinajstić information content (AvgIpc) is 2.33. The molecule has 1 aromatic carbocycles. The number of hydrogen-bond donors (Lipinski definition) is 1. The van der Waals surface area contributed by atoms with Crippen LogP contribution in [-0.4, -0.2) is 11.5 Å². The summed E-state index contributed by atoms with van der Waals surface area (Å²) in [6.07, 6.45) is 3.02. The van der Waals surface area contributed by atoms with E-state index in [9.17, 15) is 0 Å². The van der Waals surface area contributed by atoms with Crippen LogP contribution >= 0.6 is 15.9 Å². The number of rotatable bonds is 3. The van der Waals surface area contributed by atoms with Gasteiger partial charge in [-0.1, -0.05) is 24.3 Å². The maximum Gasteiger partial charge on any atom is 0.128 e. The van der Waals surface area contributed by atoms with Crippen LogP contribution in [0.1, 0.15) is 22.6 Å². The highest BCUT2D eigenvalue weighted by Crippen LogP contribution is 2.34. The van der Waals surface area contributed by atoms with E-state index in [0.29, 0.717) is 5.92 Å². The molecular formula is C15H15BrN2. The van der Waals surface area contributed by atoms with Crippen LogP contribution in [0.15, 0.2) is 41.0 Å². The van der Waals surface area contributed by atoms with Crippen LogP contribution in [0.3, 0.4) is 0 Å². The Morgan fingerprint density at radius 3 is 3.00 bits per heavy atom. The van der Waals surface area contributed by atoms with Gasteiger partial charge in [0.1, 0.15) is 5.82 Å². The van der Waals surface area contributed by atoms with Crippen LogP contribution in [0, 0.1) is 6.92 Å². The number of nitrogens with one attached hydrogen (secondary N) is 1. The zero-order valence-corrected chi connectivity index (χ0v) is 11.9. The number of aryl methyl sites for hydroxylation is 1. The molecule has 3 heteroatoms. The van der Waals surface area contributed by atoms with Gasteiger partial charge in [-0.15, -0.1) is 0 Å². The van der Waals surface area contributed by atoms with Gasteiger partial charge < -0.3 is 5.32 Å². The molecule has 0 fully saturated rings. The van der Waals surface area contributed by atoms with E-state index in [0.717, 1.165) is 16.8 Å². The summed E-state index contributed by atoms with van der Waals surface area (Å²) in [4.78, 5) is 4.41. The molecular weight excluding hydrogens is 288 g/mol. The summed E-state index contributed by atoms with van der Waals surface area (Å²) < 4.78 is 1.03. The third-order valence-corrected chi connectivity index (χ3v) is 3.96. The summed E-state index contributed by atoms with van der Waals surface area (Å²) in [5, 5.41) is 3.45.